The van der Waals surface area contributed by atoms with E-state index in [-0.39, 0.29) is 12.0 Å². The lowest BCUT2D eigenvalue weighted by Gasteiger charge is -2.34. The molecule has 2 rings (SSSR count). The van der Waals surface area contributed by atoms with Gasteiger partial charge >= 0.3 is 0 Å². The molecule has 2 aliphatic heterocycles. The Hall–Kier alpha value is -0.610. The zero-order valence-corrected chi connectivity index (χ0v) is 12.2. The van der Waals surface area contributed by atoms with Crippen LogP contribution in [0.3, 0.4) is 0 Å². The first-order valence-electron chi connectivity index (χ1n) is 7.92. The van der Waals surface area contributed by atoms with Crippen LogP contribution in [-0.2, 0) is 9.53 Å². The van der Waals surface area contributed by atoms with E-state index in [2.05, 4.69) is 12.2 Å². The Labute approximate surface area is 116 Å². The van der Waals surface area contributed by atoms with Crippen molar-refractivity contribution in [3.05, 3.63) is 0 Å². The third-order valence-electron chi connectivity index (χ3n) is 4.13. The smallest absolute Gasteiger partial charge is 0.225 e. The van der Waals surface area contributed by atoms with E-state index in [0.29, 0.717) is 12.5 Å². The number of piperidine rings is 1. The van der Waals surface area contributed by atoms with Crippen molar-refractivity contribution in [1.82, 2.24) is 10.2 Å². The van der Waals surface area contributed by atoms with Crippen LogP contribution in [0.15, 0.2) is 0 Å². The van der Waals surface area contributed by atoms with Gasteiger partial charge in [-0.1, -0.05) is 6.92 Å². The summed E-state index contributed by atoms with van der Waals surface area (Å²) in [6.07, 6.45) is 7.64. The molecule has 0 spiro atoms. The topological polar surface area (TPSA) is 41.6 Å². The molecule has 110 valence electrons. The van der Waals surface area contributed by atoms with Crippen molar-refractivity contribution >= 4 is 5.91 Å². The van der Waals surface area contributed by atoms with E-state index in [4.69, 9.17) is 4.74 Å². The Morgan fingerprint density at radius 2 is 2.21 bits per heavy atom. The molecule has 0 aromatic carbocycles. The van der Waals surface area contributed by atoms with Gasteiger partial charge < -0.3 is 15.0 Å². The monoisotopic (exact) mass is 268 g/mol. The van der Waals surface area contributed by atoms with Crippen molar-refractivity contribution in [3.63, 3.8) is 0 Å². The Kier molecular flexibility index (Phi) is 6.11. The second kappa shape index (κ2) is 7.85. The lowest BCUT2D eigenvalue weighted by molar-refractivity contribution is -0.136. The van der Waals surface area contributed by atoms with Crippen LogP contribution in [0.1, 0.15) is 51.9 Å². The Bertz CT molecular complexity index is 277. The zero-order valence-electron chi connectivity index (χ0n) is 12.2. The Morgan fingerprint density at radius 1 is 1.32 bits per heavy atom. The summed E-state index contributed by atoms with van der Waals surface area (Å²) in [7, 11) is 0. The number of nitrogens with zero attached hydrogens (tertiary/aromatic N) is 1. The molecule has 2 unspecified atom stereocenters. The average Bonchev–Trinajstić information content (AvgIpc) is 2.46. The predicted octanol–water partition coefficient (Wildman–Crippen LogP) is 1.94. The lowest BCUT2D eigenvalue weighted by Crippen LogP contribution is -2.48. The molecule has 0 aromatic heterocycles. The van der Waals surface area contributed by atoms with E-state index in [1.54, 1.807) is 0 Å². The highest BCUT2D eigenvalue weighted by atomic mass is 16.5. The Balaban J connectivity index is 1.74. The van der Waals surface area contributed by atoms with Gasteiger partial charge in [0.2, 0.25) is 5.91 Å². The van der Waals surface area contributed by atoms with E-state index >= 15 is 0 Å². The molecule has 2 aliphatic rings. The second-order valence-corrected chi connectivity index (χ2v) is 5.83. The van der Waals surface area contributed by atoms with Crippen LogP contribution < -0.4 is 5.32 Å². The first-order valence-corrected chi connectivity index (χ1v) is 7.92. The number of amides is 1. The number of carbonyl (C=O) groups excluding carboxylic acids is 1. The van der Waals surface area contributed by atoms with Crippen LogP contribution in [0, 0.1) is 0 Å². The quantitative estimate of drug-likeness (QED) is 0.828. The third-order valence-corrected chi connectivity index (χ3v) is 4.13. The molecule has 19 heavy (non-hydrogen) atoms. The van der Waals surface area contributed by atoms with Gasteiger partial charge in [0, 0.05) is 25.7 Å². The minimum Gasteiger partial charge on any atom is -0.378 e. The van der Waals surface area contributed by atoms with Gasteiger partial charge in [-0.2, -0.15) is 0 Å². The summed E-state index contributed by atoms with van der Waals surface area (Å²) in [6, 6.07) is 0.491. The highest BCUT2D eigenvalue weighted by molar-refractivity contribution is 5.76. The van der Waals surface area contributed by atoms with Gasteiger partial charge in [-0.3, -0.25) is 4.79 Å². The SMILES string of the molecule is CCCNC1CCCN(C(=O)CC2CCCCO2)C1. The van der Waals surface area contributed by atoms with E-state index < -0.39 is 0 Å². The predicted molar refractivity (Wildman–Crippen MR) is 76.1 cm³/mol. The minimum absolute atomic E-state index is 0.172. The van der Waals surface area contributed by atoms with Crippen molar-refractivity contribution in [2.75, 3.05) is 26.2 Å². The van der Waals surface area contributed by atoms with Gasteiger partial charge in [0.25, 0.3) is 0 Å². The summed E-state index contributed by atoms with van der Waals surface area (Å²) < 4.78 is 5.67. The van der Waals surface area contributed by atoms with Crippen LogP contribution >= 0.6 is 0 Å². The summed E-state index contributed by atoms with van der Waals surface area (Å²) in [5, 5.41) is 3.53. The molecular formula is C15H28N2O2. The molecule has 2 atom stereocenters. The molecule has 2 fully saturated rings. The number of ether oxygens (including phenoxy) is 1. The molecule has 0 aromatic rings. The van der Waals surface area contributed by atoms with E-state index in [0.717, 1.165) is 51.9 Å². The highest BCUT2D eigenvalue weighted by Crippen LogP contribution is 2.18. The van der Waals surface area contributed by atoms with Crippen molar-refractivity contribution in [2.24, 2.45) is 0 Å². The van der Waals surface area contributed by atoms with Crippen molar-refractivity contribution in [2.45, 2.75) is 64.0 Å². The average molecular weight is 268 g/mol. The first kappa shape index (κ1) is 14.8. The van der Waals surface area contributed by atoms with E-state index in [9.17, 15) is 4.79 Å². The fraction of sp³-hybridized carbons (Fsp3) is 0.933. The van der Waals surface area contributed by atoms with Gasteiger partial charge in [0.05, 0.1) is 12.5 Å². The molecule has 1 amide bonds. The number of hydrogen-bond donors (Lipinski definition) is 1. The summed E-state index contributed by atoms with van der Waals surface area (Å²) in [6.45, 7) is 5.87. The van der Waals surface area contributed by atoms with Gasteiger partial charge in [-0.25, -0.2) is 0 Å². The van der Waals surface area contributed by atoms with Crippen molar-refractivity contribution in [3.8, 4) is 0 Å². The fourth-order valence-electron chi connectivity index (χ4n) is 3.01. The van der Waals surface area contributed by atoms with E-state index in [1.165, 1.54) is 12.8 Å². The number of carbonyl (C=O) groups is 1. The van der Waals surface area contributed by atoms with Gasteiger partial charge in [-0.05, 0) is 45.1 Å². The molecule has 0 saturated carbocycles. The van der Waals surface area contributed by atoms with Crippen LogP contribution in [0.25, 0.3) is 0 Å². The Morgan fingerprint density at radius 3 is 2.95 bits per heavy atom. The molecular weight excluding hydrogens is 240 g/mol. The molecule has 2 saturated heterocycles. The fourth-order valence-corrected chi connectivity index (χ4v) is 3.01. The van der Waals surface area contributed by atoms with E-state index in [1.807, 2.05) is 4.90 Å². The summed E-state index contributed by atoms with van der Waals surface area (Å²) >= 11 is 0. The maximum atomic E-state index is 12.3. The molecule has 4 nitrogen and oxygen atoms in total. The first-order chi connectivity index (χ1) is 9.29. The molecule has 1 N–H and O–H groups in total. The largest absolute Gasteiger partial charge is 0.378 e. The maximum Gasteiger partial charge on any atom is 0.225 e. The van der Waals surface area contributed by atoms with Crippen molar-refractivity contribution < 1.29 is 9.53 Å². The second-order valence-electron chi connectivity index (χ2n) is 5.83. The molecule has 0 bridgehead atoms. The number of hydrogen-bond acceptors (Lipinski definition) is 3. The van der Waals surface area contributed by atoms with Crippen LogP contribution in [0.4, 0.5) is 0 Å². The van der Waals surface area contributed by atoms with Crippen molar-refractivity contribution in [1.29, 1.82) is 0 Å². The van der Waals surface area contributed by atoms with Gasteiger partial charge in [0.15, 0.2) is 0 Å². The highest BCUT2D eigenvalue weighted by Gasteiger charge is 2.26. The maximum absolute atomic E-state index is 12.3. The number of rotatable bonds is 5. The molecule has 4 heteroatoms. The van der Waals surface area contributed by atoms with Crippen LogP contribution in [0.2, 0.25) is 0 Å². The lowest BCUT2D eigenvalue weighted by atomic mass is 10.0. The summed E-state index contributed by atoms with van der Waals surface area (Å²) in [5.41, 5.74) is 0. The number of likely N-dealkylation sites (tertiary alicyclic amines) is 1. The third kappa shape index (κ3) is 4.77. The standard InChI is InChI=1S/C15H28N2O2/c1-2-8-16-13-6-5-9-17(12-13)15(18)11-14-7-3-4-10-19-14/h13-14,16H,2-12H2,1H3. The normalized spacial score (nSPS) is 28.4. The van der Waals surface area contributed by atoms with Gasteiger partial charge in [-0.15, -0.1) is 0 Å². The molecule has 0 aliphatic carbocycles. The molecule has 0 radical (unpaired) electrons. The van der Waals surface area contributed by atoms with Crippen LogP contribution in [-0.4, -0.2) is 49.2 Å². The van der Waals surface area contributed by atoms with Crippen LogP contribution in [0.5, 0.6) is 0 Å². The summed E-state index contributed by atoms with van der Waals surface area (Å²) in [5.74, 6) is 0.287. The minimum atomic E-state index is 0.172. The summed E-state index contributed by atoms with van der Waals surface area (Å²) in [4.78, 5) is 14.3. The van der Waals surface area contributed by atoms with Gasteiger partial charge in [0.1, 0.15) is 0 Å². The molecule has 2 heterocycles. The zero-order chi connectivity index (χ0) is 13.5. The number of nitrogens with one attached hydrogen (secondary N) is 1.